The number of nitrogens with one attached hydrogen (secondary N) is 2. The van der Waals surface area contributed by atoms with E-state index in [1.54, 1.807) is 54.6 Å². The predicted molar refractivity (Wildman–Crippen MR) is 98.9 cm³/mol. The van der Waals surface area contributed by atoms with E-state index in [2.05, 4.69) is 20.8 Å². The first kappa shape index (κ1) is 18.0. The van der Waals surface area contributed by atoms with E-state index in [0.717, 1.165) is 5.69 Å². The second-order valence-electron chi connectivity index (χ2n) is 5.72. The molecule has 0 radical (unpaired) electrons. The van der Waals surface area contributed by atoms with Gasteiger partial charge in [0, 0.05) is 12.2 Å². The number of halogens is 1. The second kappa shape index (κ2) is 8.54. The molecule has 0 spiro atoms. The molecule has 3 rings (SSSR count). The molecule has 0 aliphatic heterocycles. The van der Waals surface area contributed by atoms with Crippen LogP contribution in [0.5, 0.6) is 0 Å². The van der Waals surface area contributed by atoms with Gasteiger partial charge >= 0.3 is 0 Å². The average Bonchev–Trinajstić information content (AvgIpc) is 2.70. The Morgan fingerprint density at radius 2 is 1.81 bits per heavy atom. The molecule has 2 N–H and O–H groups in total. The molecule has 0 saturated heterocycles. The van der Waals surface area contributed by atoms with Crippen molar-refractivity contribution in [1.29, 1.82) is 5.26 Å². The van der Waals surface area contributed by atoms with Crippen molar-refractivity contribution in [2.24, 2.45) is 0 Å². The van der Waals surface area contributed by atoms with Crippen LogP contribution in [0.3, 0.4) is 0 Å². The summed E-state index contributed by atoms with van der Waals surface area (Å²) in [4.78, 5) is 12.1. The van der Waals surface area contributed by atoms with Gasteiger partial charge < -0.3 is 10.6 Å². The Morgan fingerprint density at radius 3 is 2.48 bits per heavy atom. The fourth-order valence-corrected chi connectivity index (χ4v) is 2.40. The minimum atomic E-state index is -0.372. The summed E-state index contributed by atoms with van der Waals surface area (Å²) in [7, 11) is 0. The number of carbonyl (C=O) groups excluding carboxylic acids is 1. The smallest absolute Gasteiger partial charge is 0.271 e. The predicted octanol–water partition coefficient (Wildman–Crippen LogP) is 3.20. The zero-order valence-electron chi connectivity index (χ0n) is 14.3. The summed E-state index contributed by atoms with van der Waals surface area (Å²) in [5.41, 5.74) is 2.04. The summed E-state index contributed by atoms with van der Waals surface area (Å²) >= 11 is 0. The molecule has 2 aromatic carbocycles. The van der Waals surface area contributed by atoms with Crippen LogP contribution in [0, 0.1) is 17.1 Å². The lowest BCUT2D eigenvalue weighted by Gasteiger charge is -2.07. The van der Waals surface area contributed by atoms with Gasteiger partial charge in [-0.25, -0.2) is 4.39 Å². The van der Waals surface area contributed by atoms with Crippen molar-refractivity contribution in [1.82, 2.24) is 15.5 Å². The van der Waals surface area contributed by atoms with Gasteiger partial charge in [-0.15, -0.1) is 10.2 Å². The summed E-state index contributed by atoms with van der Waals surface area (Å²) < 4.78 is 13.5. The van der Waals surface area contributed by atoms with Gasteiger partial charge in [0.05, 0.1) is 11.6 Å². The maximum Gasteiger partial charge on any atom is 0.271 e. The number of hydrogen-bond acceptors (Lipinski definition) is 5. The Balaban J connectivity index is 1.53. The van der Waals surface area contributed by atoms with E-state index in [1.165, 1.54) is 6.07 Å². The highest BCUT2D eigenvalue weighted by molar-refractivity contribution is 5.92. The highest BCUT2D eigenvalue weighted by atomic mass is 19.1. The summed E-state index contributed by atoms with van der Waals surface area (Å²) in [6.45, 7) is 0.298. The highest BCUT2D eigenvalue weighted by Crippen LogP contribution is 2.14. The standard InChI is InChI=1S/C20H16FN5O/c21-17-4-2-1-3-15(17)11-12-23-20(27)18-9-10-19(26-25-18)24-16-7-5-14(13-22)6-8-16/h1-10H,11-12H2,(H,23,27)(H,24,26). The molecule has 0 fully saturated rings. The first-order valence-electron chi connectivity index (χ1n) is 8.28. The molecule has 134 valence electrons. The van der Waals surface area contributed by atoms with Crippen molar-refractivity contribution < 1.29 is 9.18 Å². The molecule has 1 amide bonds. The number of nitrogens with zero attached hydrogens (tertiary/aromatic N) is 3. The lowest BCUT2D eigenvalue weighted by atomic mass is 10.1. The molecule has 3 aromatic rings. The minimum Gasteiger partial charge on any atom is -0.350 e. The molecule has 6 nitrogen and oxygen atoms in total. The Labute approximate surface area is 155 Å². The molecule has 7 heteroatoms. The van der Waals surface area contributed by atoms with E-state index in [-0.39, 0.29) is 17.4 Å². The summed E-state index contributed by atoms with van der Waals surface area (Å²) in [6.07, 6.45) is 0.393. The van der Waals surface area contributed by atoms with Crippen LogP contribution in [-0.4, -0.2) is 22.6 Å². The SMILES string of the molecule is N#Cc1ccc(Nc2ccc(C(=O)NCCc3ccccc3F)nn2)cc1. The van der Waals surface area contributed by atoms with Gasteiger partial charge in [0.25, 0.3) is 5.91 Å². The normalized spacial score (nSPS) is 10.1. The van der Waals surface area contributed by atoms with Crippen molar-refractivity contribution in [3.63, 3.8) is 0 Å². The maximum absolute atomic E-state index is 13.5. The molecule has 0 saturated carbocycles. The lowest BCUT2D eigenvalue weighted by Crippen LogP contribution is -2.27. The first-order valence-corrected chi connectivity index (χ1v) is 8.28. The Kier molecular flexibility index (Phi) is 5.70. The third-order valence-electron chi connectivity index (χ3n) is 3.82. The number of amides is 1. The number of carbonyl (C=O) groups is 1. The Bertz CT molecular complexity index is 965. The molecule has 0 unspecified atom stereocenters. The van der Waals surface area contributed by atoms with Crippen LogP contribution in [0.15, 0.2) is 60.7 Å². The van der Waals surface area contributed by atoms with Crippen molar-refractivity contribution in [3.8, 4) is 6.07 Å². The van der Waals surface area contributed by atoms with Crippen molar-refractivity contribution in [3.05, 3.63) is 83.3 Å². The molecule has 0 aliphatic carbocycles. The number of rotatable bonds is 6. The molecule has 27 heavy (non-hydrogen) atoms. The lowest BCUT2D eigenvalue weighted by molar-refractivity contribution is 0.0948. The Morgan fingerprint density at radius 1 is 1.04 bits per heavy atom. The fourth-order valence-electron chi connectivity index (χ4n) is 2.40. The number of nitriles is 1. The summed E-state index contributed by atoms with van der Waals surface area (Å²) in [5, 5.41) is 22.4. The van der Waals surface area contributed by atoms with Crippen LogP contribution in [0.2, 0.25) is 0 Å². The molecule has 0 atom stereocenters. The third-order valence-corrected chi connectivity index (χ3v) is 3.82. The third kappa shape index (κ3) is 4.86. The van der Waals surface area contributed by atoms with Gasteiger partial charge in [0.15, 0.2) is 11.5 Å². The monoisotopic (exact) mass is 361 g/mol. The maximum atomic E-state index is 13.5. The number of benzene rings is 2. The van der Waals surface area contributed by atoms with Gasteiger partial charge in [0.1, 0.15) is 5.82 Å². The van der Waals surface area contributed by atoms with Crippen LogP contribution in [0.4, 0.5) is 15.9 Å². The van der Waals surface area contributed by atoms with Crippen molar-refractivity contribution in [2.45, 2.75) is 6.42 Å². The van der Waals surface area contributed by atoms with Gasteiger partial charge in [-0.05, 0) is 54.4 Å². The quantitative estimate of drug-likeness (QED) is 0.704. The van der Waals surface area contributed by atoms with Crippen LogP contribution in [0.25, 0.3) is 0 Å². The van der Waals surface area contributed by atoms with E-state index in [0.29, 0.717) is 29.9 Å². The summed E-state index contributed by atoms with van der Waals surface area (Å²) in [5.74, 6) is -0.184. The molecule has 1 aromatic heterocycles. The largest absolute Gasteiger partial charge is 0.350 e. The zero-order chi connectivity index (χ0) is 19.1. The van der Waals surface area contributed by atoms with Gasteiger partial charge in [-0.3, -0.25) is 4.79 Å². The number of hydrogen-bond donors (Lipinski definition) is 2. The molecule has 1 heterocycles. The van der Waals surface area contributed by atoms with Gasteiger partial charge in [0.2, 0.25) is 0 Å². The van der Waals surface area contributed by atoms with Crippen molar-refractivity contribution >= 4 is 17.4 Å². The Hall–Kier alpha value is -3.79. The first-order chi connectivity index (χ1) is 13.2. The van der Waals surface area contributed by atoms with E-state index in [4.69, 9.17) is 5.26 Å². The molecular weight excluding hydrogens is 345 g/mol. The molecule has 0 bridgehead atoms. The van der Waals surface area contributed by atoms with Crippen LogP contribution >= 0.6 is 0 Å². The average molecular weight is 361 g/mol. The zero-order valence-corrected chi connectivity index (χ0v) is 14.3. The second-order valence-corrected chi connectivity index (χ2v) is 5.72. The van der Waals surface area contributed by atoms with Gasteiger partial charge in [-0.2, -0.15) is 5.26 Å². The van der Waals surface area contributed by atoms with E-state index >= 15 is 0 Å². The minimum absolute atomic E-state index is 0.175. The van der Waals surface area contributed by atoms with Crippen LogP contribution in [-0.2, 0) is 6.42 Å². The van der Waals surface area contributed by atoms with Crippen molar-refractivity contribution in [2.75, 3.05) is 11.9 Å². The van der Waals surface area contributed by atoms with Crippen LogP contribution in [0.1, 0.15) is 21.6 Å². The topological polar surface area (TPSA) is 90.7 Å². The number of aromatic nitrogens is 2. The van der Waals surface area contributed by atoms with Gasteiger partial charge in [-0.1, -0.05) is 18.2 Å². The van der Waals surface area contributed by atoms with E-state index in [1.807, 2.05) is 6.07 Å². The highest BCUT2D eigenvalue weighted by Gasteiger charge is 2.09. The fraction of sp³-hybridized carbons (Fsp3) is 0.100. The van der Waals surface area contributed by atoms with Crippen LogP contribution < -0.4 is 10.6 Å². The number of anilines is 2. The molecule has 0 aliphatic rings. The summed E-state index contributed by atoms with van der Waals surface area (Å²) in [6, 6.07) is 18.6. The molecular formula is C20H16FN5O. The van der Waals surface area contributed by atoms with E-state index in [9.17, 15) is 9.18 Å². The van der Waals surface area contributed by atoms with E-state index < -0.39 is 0 Å².